The van der Waals surface area contributed by atoms with E-state index in [9.17, 15) is 0 Å². The van der Waals surface area contributed by atoms with E-state index in [0.717, 1.165) is 22.3 Å². The lowest BCUT2D eigenvalue weighted by molar-refractivity contribution is 1.43. The lowest BCUT2D eigenvalue weighted by Gasteiger charge is -2.07. The molecule has 0 saturated heterocycles. The highest BCUT2D eigenvalue weighted by molar-refractivity contribution is 6.13. The lowest BCUT2D eigenvalue weighted by atomic mass is 9.98. The Morgan fingerprint density at radius 3 is 1.00 bits per heavy atom. The number of hydrogen-bond acceptors (Lipinski definition) is 2. The molecule has 3 rings (SSSR count). The Bertz CT molecular complexity index is 718. The van der Waals surface area contributed by atoms with Gasteiger partial charge in [0.2, 0.25) is 0 Å². The van der Waals surface area contributed by atoms with E-state index >= 15 is 0 Å². The summed E-state index contributed by atoms with van der Waals surface area (Å²) >= 11 is 0. The van der Waals surface area contributed by atoms with Crippen molar-refractivity contribution in [3.63, 3.8) is 0 Å². The molecule has 0 unspecified atom stereocenters. The van der Waals surface area contributed by atoms with Crippen LogP contribution in [0.2, 0.25) is 0 Å². The molecular weight excluding hydrogens is 268 g/mol. The minimum Gasteiger partial charge on any atom is -0.300 e. The Morgan fingerprint density at radius 2 is 0.682 bits per heavy atom. The van der Waals surface area contributed by atoms with E-state index in [0.29, 0.717) is 11.4 Å². The van der Waals surface area contributed by atoms with Crippen LogP contribution in [-0.4, -0.2) is 11.4 Å². The summed E-state index contributed by atoms with van der Waals surface area (Å²) in [5.41, 5.74) is 4.50. The van der Waals surface area contributed by atoms with Crippen LogP contribution in [0.5, 0.6) is 0 Å². The third-order valence-corrected chi connectivity index (χ3v) is 3.59. The van der Waals surface area contributed by atoms with Gasteiger partial charge in [-0.2, -0.15) is 0 Å². The van der Waals surface area contributed by atoms with Gasteiger partial charge in [-0.05, 0) is 11.1 Å². The Labute approximate surface area is 130 Å². The van der Waals surface area contributed by atoms with Crippen molar-refractivity contribution in [3.8, 4) is 0 Å². The molecule has 3 aromatic carbocycles. The van der Waals surface area contributed by atoms with Gasteiger partial charge in [-0.3, -0.25) is 10.8 Å². The number of hydrogen-bond donors (Lipinski definition) is 2. The molecule has 0 aliphatic rings. The fourth-order valence-electron chi connectivity index (χ4n) is 2.35. The fourth-order valence-corrected chi connectivity index (χ4v) is 2.35. The Morgan fingerprint density at radius 1 is 0.409 bits per heavy atom. The van der Waals surface area contributed by atoms with Gasteiger partial charge in [-0.1, -0.05) is 84.9 Å². The van der Waals surface area contributed by atoms with E-state index in [1.165, 1.54) is 0 Å². The van der Waals surface area contributed by atoms with Crippen molar-refractivity contribution in [3.05, 3.63) is 107 Å². The number of benzene rings is 3. The minimum absolute atomic E-state index is 0.499. The highest BCUT2D eigenvalue weighted by Crippen LogP contribution is 2.14. The molecule has 0 aromatic heterocycles. The van der Waals surface area contributed by atoms with Crippen molar-refractivity contribution < 1.29 is 0 Å². The standard InChI is InChI=1S/C20H16N2/c21-19(15-7-3-1-4-8-15)17-11-13-18(14-12-17)20(22)16-9-5-2-6-10-16/h1-14,21-22H. The van der Waals surface area contributed by atoms with Crippen LogP contribution in [0.1, 0.15) is 22.3 Å². The van der Waals surface area contributed by atoms with E-state index in [4.69, 9.17) is 10.8 Å². The largest absolute Gasteiger partial charge is 0.300 e. The van der Waals surface area contributed by atoms with Crippen LogP contribution in [0.15, 0.2) is 84.9 Å². The van der Waals surface area contributed by atoms with Crippen LogP contribution < -0.4 is 0 Å². The zero-order valence-electron chi connectivity index (χ0n) is 12.1. The Hall–Kier alpha value is -3.00. The molecule has 0 bridgehead atoms. The molecule has 0 fully saturated rings. The summed E-state index contributed by atoms with van der Waals surface area (Å²) in [6, 6.07) is 27.0. The van der Waals surface area contributed by atoms with Crippen molar-refractivity contribution in [2.24, 2.45) is 0 Å². The van der Waals surface area contributed by atoms with Gasteiger partial charge in [0.25, 0.3) is 0 Å². The predicted molar refractivity (Wildman–Crippen MR) is 91.2 cm³/mol. The van der Waals surface area contributed by atoms with Gasteiger partial charge in [-0.25, -0.2) is 0 Å². The second-order valence-electron chi connectivity index (χ2n) is 5.06. The maximum atomic E-state index is 8.26. The maximum absolute atomic E-state index is 8.26. The van der Waals surface area contributed by atoms with E-state index in [-0.39, 0.29) is 0 Å². The summed E-state index contributed by atoms with van der Waals surface area (Å²) < 4.78 is 0. The Balaban J connectivity index is 1.84. The third-order valence-electron chi connectivity index (χ3n) is 3.59. The van der Waals surface area contributed by atoms with Crippen molar-refractivity contribution in [2.45, 2.75) is 0 Å². The van der Waals surface area contributed by atoms with E-state index < -0.39 is 0 Å². The van der Waals surface area contributed by atoms with Gasteiger partial charge in [-0.15, -0.1) is 0 Å². The van der Waals surface area contributed by atoms with Crippen LogP contribution in [-0.2, 0) is 0 Å². The van der Waals surface area contributed by atoms with Crippen LogP contribution in [0, 0.1) is 10.8 Å². The van der Waals surface area contributed by atoms with Gasteiger partial charge in [0.1, 0.15) is 0 Å². The van der Waals surface area contributed by atoms with Crippen LogP contribution >= 0.6 is 0 Å². The van der Waals surface area contributed by atoms with Gasteiger partial charge in [0.05, 0.1) is 11.4 Å². The molecule has 0 aliphatic carbocycles. The molecular formula is C20H16N2. The van der Waals surface area contributed by atoms with Crippen LogP contribution in [0.4, 0.5) is 0 Å². The first-order chi connectivity index (χ1) is 10.8. The van der Waals surface area contributed by atoms with Gasteiger partial charge in [0, 0.05) is 11.1 Å². The highest BCUT2D eigenvalue weighted by Gasteiger charge is 2.07. The number of rotatable bonds is 4. The van der Waals surface area contributed by atoms with Crippen molar-refractivity contribution in [2.75, 3.05) is 0 Å². The quantitative estimate of drug-likeness (QED) is 0.662. The molecule has 0 atom stereocenters. The first kappa shape index (κ1) is 14.0. The molecule has 0 saturated carbocycles. The Kier molecular flexibility index (Phi) is 3.92. The van der Waals surface area contributed by atoms with Crippen molar-refractivity contribution in [1.29, 1.82) is 10.8 Å². The topological polar surface area (TPSA) is 47.7 Å². The monoisotopic (exact) mass is 284 g/mol. The molecule has 0 aliphatic heterocycles. The number of nitrogens with one attached hydrogen (secondary N) is 2. The molecule has 0 amide bonds. The average molecular weight is 284 g/mol. The van der Waals surface area contributed by atoms with E-state index in [2.05, 4.69) is 0 Å². The molecule has 2 nitrogen and oxygen atoms in total. The second-order valence-corrected chi connectivity index (χ2v) is 5.06. The summed E-state index contributed by atoms with van der Waals surface area (Å²) in [6.45, 7) is 0. The molecule has 2 N–H and O–H groups in total. The second kappa shape index (κ2) is 6.19. The van der Waals surface area contributed by atoms with Gasteiger partial charge < -0.3 is 0 Å². The molecule has 3 aromatic rings. The van der Waals surface area contributed by atoms with E-state index in [1.54, 1.807) is 0 Å². The minimum atomic E-state index is 0.499. The third kappa shape index (κ3) is 2.86. The average Bonchev–Trinajstić information content (AvgIpc) is 2.62. The predicted octanol–water partition coefficient (Wildman–Crippen LogP) is 4.52. The van der Waals surface area contributed by atoms with Crippen molar-refractivity contribution >= 4 is 11.4 Å². The highest BCUT2D eigenvalue weighted by atomic mass is 14.4. The van der Waals surface area contributed by atoms with Crippen LogP contribution in [0.25, 0.3) is 0 Å². The van der Waals surface area contributed by atoms with Crippen LogP contribution in [0.3, 0.4) is 0 Å². The first-order valence-electron chi connectivity index (χ1n) is 7.14. The molecule has 22 heavy (non-hydrogen) atoms. The molecule has 0 radical (unpaired) electrons. The molecule has 106 valence electrons. The van der Waals surface area contributed by atoms with Gasteiger partial charge >= 0.3 is 0 Å². The molecule has 0 spiro atoms. The SMILES string of the molecule is N=C(c1ccccc1)c1ccc(C(=N)c2ccccc2)cc1. The summed E-state index contributed by atoms with van der Waals surface area (Å²) in [7, 11) is 0. The molecule has 0 heterocycles. The normalized spacial score (nSPS) is 10.2. The zero-order chi connectivity index (χ0) is 15.4. The zero-order valence-corrected chi connectivity index (χ0v) is 12.1. The summed E-state index contributed by atoms with van der Waals surface area (Å²) in [5, 5.41) is 16.5. The maximum Gasteiger partial charge on any atom is 0.0684 e. The van der Waals surface area contributed by atoms with Gasteiger partial charge in [0.15, 0.2) is 0 Å². The molecule has 2 heteroatoms. The first-order valence-corrected chi connectivity index (χ1v) is 7.14. The lowest BCUT2D eigenvalue weighted by Crippen LogP contribution is -2.04. The summed E-state index contributed by atoms with van der Waals surface area (Å²) in [6.07, 6.45) is 0. The smallest absolute Gasteiger partial charge is 0.0684 e. The summed E-state index contributed by atoms with van der Waals surface area (Å²) in [4.78, 5) is 0. The fraction of sp³-hybridized carbons (Fsp3) is 0. The van der Waals surface area contributed by atoms with E-state index in [1.807, 2.05) is 84.9 Å². The van der Waals surface area contributed by atoms with Crippen molar-refractivity contribution in [1.82, 2.24) is 0 Å². The summed E-state index contributed by atoms with van der Waals surface area (Å²) in [5.74, 6) is 0.